The predicted octanol–water partition coefficient (Wildman–Crippen LogP) is 3.54. The molecule has 0 radical (unpaired) electrons. The smallest absolute Gasteiger partial charge is 0.109 e. The Hall–Kier alpha value is -0.790. The van der Waals surface area contributed by atoms with Crippen molar-refractivity contribution in [2.75, 3.05) is 0 Å². The molecule has 0 spiro atoms. The number of fused-ring (bicyclic) bond motifs is 1. The second-order valence-electron chi connectivity index (χ2n) is 5.15. The van der Waals surface area contributed by atoms with Gasteiger partial charge in [0.1, 0.15) is 5.82 Å². The van der Waals surface area contributed by atoms with Gasteiger partial charge in [0.05, 0.1) is 5.69 Å². The van der Waals surface area contributed by atoms with Crippen LogP contribution >= 0.6 is 0 Å². The number of aryl methyl sites for hydroxylation is 1. The summed E-state index contributed by atoms with van der Waals surface area (Å²) in [6, 6.07) is 0.685. The molecule has 0 amide bonds. The summed E-state index contributed by atoms with van der Waals surface area (Å²) in [6.45, 7) is 9.11. The first-order valence-corrected chi connectivity index (χ1v) is 6.21. The van der Waals surface area contributed by atoms with E-state index in [4.69, 9.17) is 4.98 Å². The molecule has 0 bridgehead atoms. The molecule has 2 heterocycles. The fraction of sp³-hybridized carbons (Fsp3) is 0.769. The number of hydrogen-bond acceptors (Lipinski definition) is 1. The van der Waals surface area contributed by atoms with Gasteiger partial charge in [-0.05, 0) is 24.7 Å². The van der Waals surface area contributed by atoms with Gasteiger partial charge in [-0.15, -0.1) is 0 Å². The summed E-state index contributed by atoms with van der Waals surface area (Å²) >= 11 is 0. The number of aromatic nitrogens is 2. The molecule has 1 aromatic rings. The van der Waals surface area contributed by atoms with Crippen LogP contribution in [0, 0.1) is 5.92 Å². The zero-order valence-corrected chi connectivity index (χ0v) is 10.3. The van der Waals surface area contributed by atoms with Crippen LogP contribution in [0.15, 0.2) is 6.20 Å². The molecule has 1 aliphatic rings. The molecule has 15 heavy (non-hydrogen) atoms. The van der Waals surface area contributed by atoms with E-state index in [2.05, 4.69) is 38.5 Å². The quantitative estimate of drug-likeness (QED) is 0.739. The van der Waals surface area contributed by atoms with Gasteiger partial charge in [-0.3, -0.25) is 0 Å². The monoisotopic (exact) mass is 206 g/mol. The number of imidazole rings is 1. The Morgan fingerprint density at radius 2 is 2.20 bits per heavy atom. The van der Waals surface area contributed by atoms with Crippen molar-refractivity contribution < 1.29 is 0 Å². The van der Waals surface area contributed by atoms with E-state index in [0.29, 0.717) is 12.0 Å². The van der Waals surface area contributed by atoms with Gasteiger partial charge in [0.15, 0.2) is 0 Å². The maximum absolute atomic E-state index is 4.76. The van der Waals surface area contributed by atoms with Gasteiger partial charge in [-0.2, -0.15) is 0 Å². The summed E-state index contributed by atoms with van der Waals surface area (Å²) in [5, 5.41) is 0. The van der Waals surface area contributed by atoms with Gasteiger partial charge in [0.25, 0.3) is 0 Å². The van der Waals surface area contributed by atoms with Gasteiger partial charge < -0.3 is 4.57 Å². The summed E-state index contributed by atoms with van der Waals surface area (Å²) in [5.74, 6) is 2.64. The highest BCUT2D eigenvalue weighted by molar-refractivity contribution is 5.13. The molecule has 2 unspecified atom stereocenters. The summed E-state index contributed by atoms with van der Waals surface area (Å²) in [7, 11) is 0. The Kier molecular flexibility index (Phi) is 2.85. The van der Waals surface area contributed by atoms with Gasteiger partial charge in [0, 0.05) is 18.7 Å². The molecule has 1 aliphatic heterocycles. The van der Waals surface area contributed by atoms with E-state index >= 15 is 0 Å². The molecule has 0 saturated carbocycles. The Labute approximate surface area is 92.7 Å². The van der Waals surface area contributed by atoms with Crippen molar-refractivity contribution in [3.05, 3.63) is 17.7 Å². The van der Waals surface area contributed by atoms with Crippen LogP contribution in [0.25, 0.3) is 0 Å². The Morgan fingerprint density at radius 1 is 1.47 bits per heavy atom. The standard InChI is InChI=1S/C13H22N2/c1-5-10(4)11-8-15-12(9(2)3)6-7-13(15)14-11/h8-10,12H,5-7H2,1-4H3. The Morgan fingerprint density at radius 3 is 2.80 bits per heavy atom. The molecule has 2 nitrogen and oxygen atoms in total. The largest absolute Gasteiger partial charge is 0.331 e. The van der Waals surface area contributed by atoms with Crippen LogP contribution in [0.2, 0.25) is 0 Å². The van der Waals surface area contributed by atoms with E-state index in [1.807, 2.05) is 0 Å². The molecule has 0 fully saturated rings. The van der Waals surface area contributed by atoms with Crippen LogP contribution in [-0.4, -0.2) is 9.55 Å². The predicted molar refractivity (Wildman–Crippen MR) is 63.1 cm³/mol. The highest BCUT2D eigenvalue weighted by Gasteiger charge is 2.26. The molecule has 0 aromatic carbocycles. The van der Waals surface area contributed by atoms with Crippen molar-refractivity contribution in [1.29, 1.82) is 0 Å². The van der Waals surface area contributed by atoms with Crippen LogP contribution in [0.1, 0.15) is 64.0 Å². The lowest BCUT2D eigenvalue weighted by Crippen LogP contribution is -2.09. The zero-order valence-electron chi connectivity index (χ0n) is 10.3. The lowest BCUT2D eigenvalue weighted by Gasteiger charge is -2.16. The number of nitrogens with zero attached hydrogens (tertiary/aromatic N) is 2. The summed E-state index contributed by atoms with van der Waals surface area (Å²) in [4.78, 5) is 4.76. The average Bonchev–Trinajstić information content (AvgIpc) is 2.73. The molecule has 84 valence electrons. The first kappa shape index (κ1) is 10.7. The molecule has 0 aliphatic carbocycles. The van der Waals surface area contributed by atoms with Crippen molar-refractivity contribution in [1.82, 2.24) is 9.55 Å². The molecule has 2 heteroatoms. The fourth-order valence-electron chi connectivity index (χ4n) is 2.44. The van der Waals surface area contributed by atoms with E-state index in [1.54, 1.807) is 0 Å². The van der Waals surface area contributed by atoms with Crippen LogP contribution in [0.4, 0.5) is 0 Å². The highest BCUT2D eigenvalue weighted by atomic mass is 15.1. The van der Waals surface area contributed by atoms with E-state index < -0.39 is 0 Å². The lowest BCUT2D eigenvalue weighted by molar-refractivity contribution is 0.392. The van der Waals surface area contributed by atoms with Crippen LogP contribution in [0.5, 0.6) is 0 Å². The lowest BCUT2D eigenvalue weighted by atomic mass is 10.0. The van der Waals surface area contributed by atoms with Crippen molar-refractivity contribution in [3.8, 4) is 0 Å². The van der Waals surface area contributed by atoms with Crippen molar-refractivity contribution in [2.24, 2.45) is 5.92 Å². The molecule has 2 atom stereocenters. The van der Waals surface area contributed by atoms with E-state index in [0.717, 1.165) is 5.92 Å². The molecular weight excluding hydrogens is 184 g/mol. The second kappa shape index (κ2) is 3.99. The topological polar surface area (TPSA) is 17.8 Å². The molecule has 0 saturated heterocycles. The van der Waals surface area contributed by atoms with Crippen LogP contribution in [-0.2, 0) is 6.42 Å². The fourth-order valence-corrected chi connectivity index (χ4v) is 2.44. The van der Waals surface area contributed by atoms with Gasteiger partial charge in [0.2, 0.25) is 0 Å². The van der Waals surface area contributed by atoms with Crippen LogP contribution < -0.4 is 0 Å². The maximum Gasteiger partial charge on any atom is 0.109 e. The minimum Gasteiger partial charge on any atom is -0.331 e. The second-order valence-corrected chi connectivity index (χ2v) is 5.15. The third kappa shape index (κ3) is 1.82. The molecule has 0 N–H and O–H groups in total. The average molecular weight is 206 g/mol. The molecule has 2 rings (SSSR count). The summed E-state index contributed by atoms with van der Waals surface area (Å²) < 4.78 is 2.42. The number of rotatable bonds is 3. The zero-order chi connectivity index (χ0) is 11.0. The minimum absolute atomic E-state index is 0.607. The SMILES string of the molecule is CCC(C)c1cn2c(n1)CCC2C(C)C. The van der Waals surface area contributed by atoms with Crippen molar-refractivity contribution in [2.45, 2.75) is 58.9 Å². The maximum atomic E-state index is 4.76. The van der Waals surface area contributed by atoms with Crippen LogP contribution in [0.3, 0.4) is 0 Å². The van der Waals surface area contributed by atoms with Gasteiger partial charge in [-0.1, -0.05) is 27.7 Å². The van der Waals surface area contributed by atoms with Gasteiger partial charge in [-0.25, -0.2) is 4.98 Å². The first-order chi connectivity index (χ1) is 7.13. The van der Waals surface area contributed by atoms with E-state index in [1.165, 1.54) is 30.8 Å². The number of hydrogen-bond donors (Lipinski definition) is 0. The Bertz CT molecular complexity index is 338. The summed E-state index contributed by atoms with van der Waals surface area (Å²) in [5.41, 5.74) is 1.29. The van der Waals surface area contributed by atoms with Crippen molar-refractivity contribution >= 4 is 0 Å². The van der Waals surface area contributed by atoms with Crippen molar-refractivity contribution in [3.63, 3.8) is 0 Å². The minimum atomic E-state index is 0.607. The molecule has 1 aromatic heterocycles. The third-order valence-corrected chi connectivity index (χ3v) is 3.74. The first-order valence-electron chi connectivity index (χ1n) is 6.21. The van der Waals surface area contributed by atoms with Gasteiger partial charge >= 0.3 is 0 Å². The van der Waals surface area contributed by atoms with E-state index in [-0.39, 0.29) is 0 Å². The Balaban J connectivity index is 2.26. The van der Waals surface area contributed by atoms with E-state index in [9.17, 15) is 0 Å². The summed E-state index contributed by atoms with van der Waals surface area (Å²) in [6.07, 6.45) is 5.92. The molecular formula is C13H22N2. The normalized spacial score (nSPS) is 22.1. The third-order valence-electron chi connectivity index (χ3n) is 3.74. The highest BCUT2D eigenvalue weighted by Crippen LogP contribution is 2.33.